The van der Waals surface area contributed by atoms with Gasteiger partial charge in [0.25, 0.3) is 5.91 Å². The van der Waals surface area contributed by atoms with Gasteiger partial charge in [-0.15, -0.1) is 0 Å². The number of rotatable bonds is 5. The first-order valence-electron chi connectivity index (χ1n) is 8.14. The highest BCUT2D eigenvalue weighted by atomic mass is 32.2. The zero-order chi connectivity index (χ0) is 19.3. The normalized spacial score (nSPS) is 13.4. The minimum Gasteiger partial charge on any atom is -0.300 e. The van der Waals surface area contributed by atoms with Gasteiger partial charge in [-0.05, 0) is 48.2 Å². The van der Waals surface area contributed by atoms with Crippen LogP contribution >= 0.6 is 35.3 Å². The van der Waals surface area contributed by atoms with E-state index in [0.29, 0.717) is 26.8 Å². The summed E-state index contributed by atoms with van der Waals surface area (Å²) in [7, 11) is 0. The summed E-state index contributed by atoms with van der Waals surface area (Å²) in [5, 5.41) is 11.1. The number of hydrogen-bond acceptors (Lipinski definition) is 8. The molecule has 0 unspecified atom stereocenters. The van der Waals surface area contributed by atoms with Crippen molar-refractivity contribution in [2.45, 2.75) is 20.0 Å². The molecule has 0 radical (unpaired) electrons. The van der Waals surface area contributed by atoms with Crippen LogP contribution in [0.15, 0.2) is 67.7 Å². The summed E-state index contributed by atoms with van der Waals surface area (Å²) in [5.74, 6) is 0.204. The van der Waals surface area contributed by atoms with Gasteiger partial charge in [0.15, 0.2) is 10.3 Å². The van der Waals surface area contributed by atoms with Crippen LogP contribution in [0.3, 0.4) is 0 Å². The number of pyridine rings is 1. The van der Waals surface area contributed by atoms with Crippen molar-refractivity contribution in [2.24, 2.45) is 4.99 Å². The van der Waals surface area contributed by atoms with E-state index in [1.165, 1.54) is 53.7 Å². The number of carbonyl (C=O) groups is 1. The molecular weight excluding hydrogens is 419 g/mol. The van der Waals surface area contributed by atoms with Gasteiger partial charge >= 0.3 is 0 Å². The summed E-state index contributed by atoms with van der Waals surface area (Å²) < 4.78 is 13.2. The van der Waals surface area contributed by atoms with E-state index in [9.17, 15) is 9.18 Å². The second-order valence-electron chi connectivity index (χ2n) is 5.43. The molecule has 1 aliphatic rings. The number of nitrogens with zero attached hydrogens (tertiary/aromatic N) is 4. The summed E-state index contributed by atoms with van der Waals surface area (Å²) in [6.45, 7) is 0.687. The third kappa shape index (κ3) is 4.72. The predicted molar refractivity (Wildman–Crippen MR) is 107 cm³/mol. The van der Waals surface area contributed by atoms with Crippen molar-refractivity contribution in [3.05, 3.63) is 54.2 Å². The Labute approximate surface area is 172 Å². The number of carbonyl (C=O) groups excluding carboxylic acids is 1. The minimum absolute atomic E-state index is 0.272. The molecule has 0 fully saturated rings. The zero-order valence-electron chi connectivity index (χ0n) is 14.3. The molecule has 2 N–H and O–H groups in total. The zero-order valence-corrected chi connectivity index (χ0v) is 16.7. The number of amides is 1. The van der Waals surface area contributed by atoms with Gasteiger partial charge < -0.3 is 0 Å². The summed E-state index contributed by atoms with van der Waals surface area (Å²) in [4.78, 5) is 27.1. The number of aromatic amines is 1. The number of H-pyrrole nitrogens is 1. The van der Waals surface area contributed by atoms with E-state index in [1.54, 1.807) is 18.2 Å². The highest BCUT2D eigenvalue weighted by molar-refractivity contribution is 8.14. The lowest BCUT2D eigenvalue weighted by molar-refractivity contribution is 0.0969. The van der Waals surface area contributed by atoms with Gasteiger partial charge in [0.2, 0.25) is 0 Å². The standard InChI is InChI=1S/C17H13FN6OS3/c18-10-1-3-11(4-2-10)27-12-5-6-13(28-17-20-9-21-24-17)22-14(12)15(25)23-16-19-7-8-26-16/h1-6,9H,7-8H2,(H,19,23,25)(H,20,21,24). The van der Waals surface area contributed by atoms with Gasteiger partial charge in [0.1, 0.15) is 22.9 Å². The fourth-order valence-electron chi connectivity index (χ4n) is 2.27. The lowest BCUT2D eigenvalue weighted by Gasteiger charge is -2.10. The van der Waals surface area contributed by atoms with Crippen molar-refractivity contribution in [3.8, 4) is 0 Å². The van der Waals surface area contributed by atoms with Gasteiger partial charge in [0, 0.05) is 15.5 Å². The van der Waals surface area contributed by atoms with Crippen LogP contribution in [0.4, 0.5) is 4.39 Å². The van der Waals surface area contributed by atoms with Crippen LogP contribution in [0.1, 0.15) is 10.5 Å². The number of hydrogen-bond donors (Lipinski definition) is 2. The maximum Gasteiger partial charge on any atom is 0.277 e. The Bertz CT molecular complexity index is 1010. The molecule has 1 amide bonds. The van der Waals surface area contributed by atoms with E-state index in [2.05, 4.69) is 30.5 Å². The molecule has 1 aliphatic heterocycles. The Kier molecular flexibility index (Phi) is 5.93. The van der Waals surface area contributed by atoms with E-state index in [4.69, 9.17) is 0 Å². The Hall–Kier alpha value is -2.37. The second kappa shape index (κ2) is 8.76. The van der Waals surface area contributed by atoms with Gasteiger partial charge in [-0.2, -0.15) is 5.10 Å². The van der Waals surface area contributed by atoms with E-state index < -0.39 is 0 Å². The third-order valence-electron chi connectivity index (χ3n) is 3.49. The summed E-state index contributed by atoms with van der Waals surface area (Å²) in [6.07, 6.45) is 1.41. The molecule has 0 aliphatic carbocycles. The largest absolute Gasteiger partial charge is 0.300 e. The molecule has 0 saturated carbocycles. The van der Waals surface area contributed by atoms with E-state index in [1.807, 2.05) is 6.07 Å². The van der Waals surface area contributed by atoms with E-state index in [0.717, 1.165) is 10.6 Å². The van der Waals surface area contributed by atoms with Crippen LogP contribution in [-0.2, 0) is 0 Å². The fraction of sp³-hybridized carbons (Fsp3) is 0.118. The maximum absolute atomic E-state index is 13.2. The Morgan fingerprint density at radius 3 is 2.75 bits per heavy atom. The number of benzene rings is 1. The molecule has 3 aromatic rings. The Balaban J connectivity index is 1.62. The summed E-state index contributed by atoms with van der Waals surface area (Å²) in [6, 6.07) is 9.71. The summed E-state index contributed by atoms with van der Waals surface area (Å²) in [5.41, 5.74) is 0.272. The van der Waals surface area contributed by atoms with Gasteiger partial charge in [-0.3, -0.25) is 20.2 Å². The van der Waals surface area contributed by atoms with Crippen LogP contribution in [0.25, 0.3) is 0 Å². The highest BCUT2D eigenvalue weighted by Gasteiger charge is 2.19. The van der Waals surface area contributed by atoms with Crippen molar-refractivity contribution in [1.82, 2.24) is 25.5 Å². The van der Waals surface area contributed by atoms with E-state index >= 15 is 0 Å². The van der Waals surface area contributed by atoms with Crippen LogP contribution in [0.2, 0.25) is 0 Å². The minimum atomic E-state index is -0.335. The quantitative estimate of drug-likeness (QED) is 0.637. The number of aliphatic imine (C=N–C) groups is 1. The van der Waals surface area contributed by atoms with Crippen molar-refractivity contribution in [1.29, 1.82) is 0 Å². The van der Waals surface area contributed by atoms with Crippen LogP contribution in [0, 0.1) is 5.82 Å². The molecule has 0 saturated heterocycles. The molecule has 0 atom stereocenters. The van der Waals surface area contributed by atoms with Crippen molar-refractivity contribution >= 4 is 46.4 Å². The molecule has 4 rings (SSSR count). The third-order valence-corrected chi connectivity index (χ3v) is 6.26. The first-order valence-corrected chi connectivity index (χ1v) is 10.8. The number of amidine groups is 1. The molecule has 28 heavy (non-hydrogen) atoms. The first-order chi connectivity index (χ1) is 13.7. The maximum atomic E-state index is 13.2. The van der Waals surface area contributed by atoms with Gasteiger partial charge in [-0.1, -0.05) is 23.5 Å². The van der Waals surface area contributed by atoms with Crippen LogP contribution in [0.5, 0.6) is 0 Å². The van der Waals surface area contributed by atoms with Crippen LogP contribution < -0.4 is 5.32 Å². The number of halogens is 1. The Morgan fingerprint density at radius 1 is 1.18 bits per heavy atom. The number of aromatic nitrogens is 4. The molecule has 1 aromatic carbocycles. The highest BCUT2D eigenvalue weighted by Crippen LogP contribution is 2.32. The van der Waals surface area contributed by atoms with Gasteiger partial charge in [-0.25, -0.2) is 14.4 Å². The van der Waals surface area contributed by atoms with Crippen molar-refractivity contribution in [3.63, 3.8) is 0 Å². The molecule has 11 heteroatoms. The smallest absolute Gasteiger partial charge is 0.277 e. The molecule has 3 heterocycles. The fourth-order valence-corrected chi connectivity index (χ4v) is 4.56. The average molecular weight is 433 g/mol. The summed E-state index contributed by atoms with van der Waals surface area (Å²) >= 11 is 4.11. The molecule has 0 spiro atoms. The van der Waals surface area contributed by atoms with Crippen molar-refractivity contribution in [2.75, 3.05) is 12.3 Å². The molecule has 142 valence electrons. The predicted octanol–water partition coefficient (Wildman–Crippen LogP) is 3.47. The number of thioether (sulfide) groups is 1. The molecular formula is C17H13FN6OS3. The number of nitrogens with one attached hydrogen (secondary N) is 2. The SMILES string of the molecule is O=C(NC1=NCCS1)c1nc(Sc2ncn[nH]2)ccc1Sc1ccc(F)cc1. The lowest BCUT2D eigenvalue weighted by atomic mass is 10.3. The van der Waals surface area contributed by atoms with Gasteiger partial charge in [0.05, 0.1) is 6.54 Å². The van der Waals surface area contributed by atoms with Crippen molar-refractivity contribution < 1.29 is 9.18 Å². The molecule has 0 bridgehead atoms. The molecule has 7 nitrogen and oxygen atoms in total. The molecule has 2 aromatic heterocycles. The second-order valence-corrected chi connectivity index (χ2v) is 8.64. The monoisotopic (exact) mass is 432 g/mol. The van der Waals surface area contributed by atoms with Crippen LogP contribution in [-0.4, -0.2) is 43.5 Å². The topological polar surface area (TPSA) is 95.9 Å². The first kappa shape index (κ1) is 19.0. The lowest BCUT2D eigenvalue weighted by Crippen LogP contribution is -2.28. The average Bonchev–Trinajstić information content (AvgIpc) is 3.39. The van der Waals surface area contributed by atoms with E-state index in [-0.39, 0.29) is 17.4 Å². The Morgan fingerprint density at radius 2 is 2.04 bits per heavy atom.